The summed E-state index contributed by atoms with van der Waals surface area (Å²) in [6, 6.07) is 16.0. The average Bonchev–Trinajstić information content (AvgIpc) is 3.43. The minimum Gasteiger partial charge on any atom is -0.466 e. The van der Waals surface area contributed by atoms with Crippen LogP contribution in [0.1, 0.15) is 18.4 Å². The van der Waals surface area contributed by atoms with Crippen molar-refractivity contribution in [1.29, 1.82) is 0 Å². The van der Waals surface area contributed by atoms with Gasteiger partial charge in [-0.25, -0.2) is 4.68 Å². The van der Waals surface area contributed by atoms with Gasteiger partial charge in [-0.3, -0.25) is 4.79 Å². The Morgan fingerprint density at radius 1 is 1.12 bits per heavy atom. The van der Waals surface area contributed by atoms with Gasteiger partial charge >= 0.3 is 6.01 Å². The second kappa shape index (κ2) is 6.63. The third-order valence-corrected chi connectivity index (χ3v) is 4.41. The number of carbonyl (C=O) groups is 1. The van der Waals surface area contributed by atoms with E-state index >= 15 is 0 Å². The lowest BCUT2D eigenvalue weighted by Gasteiger charge is -2.08. The first-order valence-corrected chi connectivity index (χ1v) is 8.63. The van der Waals surface area contributed by atoms with Crippen molar-refractivity contribution in [1.82, 2.24) is 14.8 Å². The van der Waals surface area contributed by atoms with Crippen LogP contribution in [0.4, 0.5) is 5.69 Å². The molecule has 2 aromatic carbocycles. The second-order valence-corrected chi connectivity index (χ2v) is 6.51. The SMILES string of the molecule is COc1nc(-c2ccc(C)cc2)n(-c2ccc(NC(=O)C3CC3)cc2)n1. The van der Waals surface area contributed by atoms with E-state index in [-0.39, 0.29) is 11.8 Å². The van der Waals surface area contributed by atoms with Crippen molar-refractivity contribution in [3.63, 3.8) is 0 Å². The summed E-state index contributed by atoms with van der Waals surface area (Å²) >= 11 is 0. The van der Waals surface area contributed by atoms with Gasteiger partial charge in [0.05, 0.1) is 12.8 Å². The highest BCUT2D eigenvalue weighted by molar-refractivity contribution is 5.94. The van der Waals surface area contributed by atoms with Crippen molar-refractivity contribution in [3.8, 4) is 23.1 Å². The van der Waals surface area contributed by atoms with Gasteiger partial charge in [-0.05, 0) is 44.0 Å². The molecule has 3 aromatic rings. The number of benzene rings is 2. The van der Waals surface area contributed by atoms with Gasteiger partial charge < -0.3 is 10.1 Å². The van der Waals surface area contributed by atoms with Gasteiger partial charge in [0.15, 0.2) is 5.82 Å². The highest BCUT2D eigenvalue weighted by Crippen LogP contribution is 2.30. The standard InChI is InChI=1S/C20H20N4O2/c1-13-3-5-14(6-4-13)18-22-20(26-2)23-24(18)17-11-9-16(10-12-17)21-19(25)15-7-8-15/h3-6,9-12,15H,7-8H2,1-2H3,(H,21,25). The van der Waals surface area contributed by atoms with E-state index in [4.69, 9.17) is 4.74 Å². The highest BCUT2D eigenvalue weighted by atomic mass is 16.5. The topological polar surface area (TPSA) is 69.0 Å². The monoisotopic (exact) mass is 348 g/mol. The summed E-state index contributed by atoms with van der Waals surface area (Å²) in [5, 5.41) is 7.37. The van der Waals surface area contributed by atoms with Crippen molar-refractivity contribution < 1.29 is 9.53 Å². The van der Waals surface area contributed by atoms with E-state index in [1.54, 1.807) is 11.8 Å². The normalized spacial score (nSPS) is 13.5. The lowest BCUT2D eigenvalue weighted by Crippen LogP contribution is -2.13. The molecule has 0 bridgehead atoms. The Kier molecular flexibility index (Phi) is 4.16. The van der Waals surface area contributed by atoms with Crippen LogP contribution in [-0.2, 0) is 4.79 Å². The molecule has 1 N–H and O–H groups in total. The van der Waals surface area contributed by atoms with Crippen LogP contribution in [0.5, 0.6) is 6.01 Å². The first kappa shape index (κ1) is 16.3. The van der Waals surface area contributed by atoms with E-state index in [2.05, 4.69) is 15.4 Å². The van der Waals surface area contributed by atoms with Gasteiger partial charge in [-0.1, -0.05) is 29.8 Å². The third-order valence-electron chi connectivity index (χ3n) is 4.41. The number of carbonyl (C=O) groups excluding carboxylic acids is 1. The van der Waals surface area contributed by atoms with Crippen LogP contribution >= 0.6 is 0 Å². The molecule has 1 saturated carbocycles. The van der Waals surface area contributed by atoms with Crippen molar-refractivity contribution in [2.45, 2.75) is 19.8 Å². The second-order valence-electron chi connectivity index (χ2n) is 6.51. The summed E-state index contributed by atoms with van der Waals surface area (Å²) in [4.78, 5) is 16.4. The fourth-order valence-electron chi connectivity index (χ4n) is 2.72. The van der Waals surface area contributed by atoms with Crippen LogP contribution in [0.15, 0.2) is 48.5 Å². The Morgan fingerprint density at radius 3 is 2.42 bits per heavy atom. The van der Waals surface area contributed by atoms with Gasteiger partial charge in [0, 0.05) is 17.2 Å². The van der Waals surface area contributed by atoms with E-state index < -0.39 is 0 Å². The maximum Gasteiger partial charge on any atom is 0.336 e. The van der Waals surface area contributed by atoms with Crippen molar-refractivity contribution in [2.24, 2.45) is 5.92 Å². The number of anilines is 1. The number of amides is 1. The van der Waals surface area contributed by atoms with Crippen molar-refractivity contribution in [3.05, 3.63) is 54.1 Å². The minimum absolute atomic E-state index is 0.0977. The first-order chi connectivity index (χ1) is 12.6. The maximum atomic E-state index is 11.9. The van der Waals surface area contributed by atoms with Crippen LogP contribution in [0, 0.1) is 12.8 Å². The molecule has 1 amide bonds. The Labute approximate surface area is 151 Å². The predicted octanol–water partition coefficient (Wildman–Crippen LogP) is 3.60. The van der Waals surface area contributed by atoms with Crippen molar-refractivity contribution in [2.75, 3.05) is 12.4 Å². The van der Waals surface area contributed by atoms with Gasteiger partial charge in [0.25, 0.3) is 0 Å². The zero-order chi connectivity index (χ0) is 18.1. The molecule has 0 spiro atoms. The molecule has 6 nitrogen and oxygen atoms in total. The molecule has 1 fully saturated rings. The fraction of sp³-hybridized carbons (Fsp3) is 0.250. The van der Waals surface area contributed by atoms with Crippen molar-refractivity contribution >= 4 is 11.6 Å². The van der Waals surface area contributed by atoms with Gasteiger partial charge in [-0.15, -0.1) is 5.10 Å². The van der Waals surface area contributed by atoms with Gasteiger partial charge in [-0.2, -0.15) is 4.98 Å². The number of methoxy groups -OCH3 is 1. The number of rotatable bonds is 5. The minimum atomic E-state index is 0.0977. The Bertz CT molecular complexity index is 925. The van der Waals surface area contributed by atoms with Crippen LogP contribution in [-0.4, -0.2) is 27.8 Å². The van der Waals surface area contributed by atoms with E-state index in [9.17, 15) is 4.79 Å². The Morgan fingerprint density at radius 2 is 1.81 bits per heavy atom. The number of hydrogen-bond donors (Lipinski definition) is 1. The van der Waals surface area contributed by atoms with Gasteiger partial charge in [0.2, 0.25) is 5.91 Å². The summed E-state index contributed by atoms with van der Waals surface area (Å²) in [5.41, 5.74) is 3.77. The molecule has 0 aliphatic heterocycles. The van der Waals surface area contributed by atoms with Crippen LogP contribution in [0.25, 0.3) is 17.1 Å². The molecule has 132 valence electrons. The molecular weight excluding hydrogens is 328 g/mol. The highest BCUT2D eigenvalue weighted by Gasteiger charge is 2.29. The number of hydrogen-bond acceptors (Lipinski definition) is 4. The predicted molar refractivity (Wildman–Crippen MR) is 99.4 cm³/mol. The number of aryl methyl sites for hydroxylation is 1. The number of nitrogens with one attached hydrogen (secondary N) is 1. The summed E-state index contributed by atoms with van der Waals surface area (Å²) in [5.74, 6) is 0.986. The summed E-state index contributed by atoms with van der Waals surface area (Å²) in [7, 11) is 1.55. The molecule has 4 rings (SSSR count). The average molecular weight is 348 g/mol. The van der Waals surface area contributed by atoms with E-state index in [1.807, 2.05) is 55.5 Å². The first-order valence-electron chi connectivity index (χ1n) is 8.63. The molecule has 1 aromatic heterocycles. The van der Waals surface area contributed by atoms with E-state index in [0.717, 1.165) is 29.8 Å². The number of nitrogens with zero attached hydrogens (tertiary/aromatic N) is 3. The van der Waals surface area contributed by atoms with Crippen LogP contribution in [0.3, 0.4) is 0 Å². The molecule has 0 atom stereocenters. The largest absolute Gasteiger partial charge is 0.466 e. The quantitative estimate of drug-likeness (QED) is 0.765. The number of ether oxygens (including phenoxy) is 1. The fourth-order valence-corrected chi connectivity index (χ4v) is 2.72. The van der Waals surface area contributed by atoms with Crippen LogP contribution in [0.2, 0.25) is 0 Å². The van der Waals surface area contributed by atoms with Crippen LogP contribution < -0.4 is 10.1 Å². The number of aromatic nitrogens is 3. The molecule has 1 aliphatic rings. The molecule has 26 heavy (non-hydrogen) atoms. The molecular formula is C20H20N4O2. The lowest BCUT2D eigenvalue weighted by atomic mass is 10.1. The summed E-state index contributed by atoms with van der Waals surface area (Å²) < 4.78 is 6.96. The van der Waals surface area contributed by atoms with Gasteiger partial charge in [0.1, 0.15) is 0 Å². The Balaban J connectivity index is 1.65. The van der Waals surface area contributed by atoms with E-state index in [1.165, 1.54) is 5.56 Å². The third kappa shape index (κ3) is 3.31. The molecule has 6 heteroatoms. The molecule has 1 heterocycles. The lowest BCUT2D eigenvalue weighted by molar-refractivity contribution is -0.117. The maximum absolute atomic E-state index is 11.9. The van der Waals surface area contributed by atoms with E-state index in [0.29, 0.717) is 11.8 Å². The summed E-state index contributed by atoms with van der Waals surface area (Å²) in [6.45, 7) is 2.05. The zero-order valence-corrected chi connectivity index (χ0v) is 14.8. The Hall–Kier alpha value is -3.15. The zero-order valence-electron chi connectivity index (χ0n) is 14.8. The molecule has 0 saturated heterocycles. The molecule has 0 radical (unpaired) electrons. The molecule has 0 unspecified atom stereocenters. The summed E-state index contributed by atoms with van der Waals surface area (Å²) in [6.07, 6.45) is 1.98. The smallest absolute Gasteiger partial charge is 0.336 e. The molecule has 1 aliphatic carbocycles.